The molecule has 1 aromatic carbocycles. The molecule has 7 nitrogen and oxygen atoms in total. The molecule has 136 valence electrons. The third kappa shape index (κ3) is 5.47. The van der Waals surface area contributed by atoms with E-state index in [-0.39, 0.29) is 24.8 Å². The van der Waals surface area contributed by atoms with Crippen LogP contribution < -0.4 is 10.2 Å². The van der Waals surface area contributed by atoms with Gasteiger partial charge in [0.15, 0.2) is 6.10 Å². The van der Waals surface area contributed by atoms with Crippen molar-refractivity contribution in [2.24, 2.45) is 0 Å². The average molecular weight is 366 g/mol. The highest BCUT2D eigenvalue weighted by Crippen LogP contribution is 2.34. The predicted octanol–water partition coefficient (Wildman–Crippen LogP) is 1.21. The van der Waals surface area contributed by atoms with Gasteiger partial charge in [0.25, 0.3) is 5.91 Å². The summed E-state index contributed by atoms with van der Waals surface area (Å²) in [7, 11) is 1.54. The Morgan fingerprint density at radius 3 is 2.88 bits per heavy atom. The largest absolute Gasteiger partial charge is 0.452 e. The molecule has 0 fully saturated rings. The molecule has 0 unspecified atom stereocenters. The Morgan fingerprint density at radius 2 is 2.12 bits per heavy atom. The minimum Gasteiger partial charge on any atom is -0.452 e. The number of carbonyl (C=O) groups excluding carboxylic acids is 3. The van der Waals surface area contributed by atoms with E-state index in [2.05, 4.69) is 5.32 Å². The van der Waals surface area contributed by atoms with Crippen molar-refractivity contribution >= 4 is 35.2 Å². The summed E-state index contributed by atoms with van der Waals surface area (Å²) in [5.74, 6) is -0.578. The first-order valence-corrected chi connectivity index (χ1v) is 8.99. The van der Waals surface area contributed by atoms with E-state index in [0.29, 0.717) is 18.9 Å². The maximum Gasteiger partial charge on any atom is 0.308 e. The fraction of sp³-hybridized carbons (Fsp3) is 0.471. The highest BCUT2D eigenvalue weighted by atomic mass is 32.2. The number of fused-ring (bicyclic) bond motifs is 1. The Morgan fingerprint density at radius 1 is 1.36 bits per heavy atom. The quantitative estimate of drug-likeness (QED) is 0.550. The Labute approximate surface area is 151 Å². The van der Waals surface area contributed by atoms with Crippen LogP contribution in [0.1, 0.15) is 13.3 Å². The zero-order valence-electron chi connectivity index (χ0n) is 14.3. The molecule has 0 bridgehead atoms. The van der Waals surface area contributed by atoms with E-state index >= 15 is 0 Å². The number of amides is 2. The highest BCUT2D eigenvalue weighted by Gasteiger charge is 2.25. The van der Waals surface area contributed by atoms with Gasteiger partial charge in [-0.2, -0.15) is 0 Å². The molecule has 0 saturated heterocycles. The van der Waals surface area contributed by atoms with Crippen LogP contribution in [0.15, 0.2) is 29.2 Å². The average Bonchev–Trinajstić information content (AvgIpc) is 2.61. The van der Waals surface area contributed by atoms with E-state index in [0.717, 1.165) is 10.6 Å². The van der Waals surface area contributed by atoms with Gasteiger partial charge in [-0.1, -0.05) is 12.1 Å². The van der Waals surface area contributed by atoms with Crippen molar-refractivity contribution in [2.45, 2.75) is 24.3 Å². The normalized spacial score (nSPS) is 14.6. The minimum atomic E-state index is -0.885. The summed E-state index contributed by atoms with van der Waals surface area (Å²) in [5, 5.41) is 2.61. The fourth-order valence-electron chi connectivity index (χ4n) is 2.33. The van der Waals surface area contributed by atoms with Gasteiger partial charge in [0.05, 0.1) is 24.5 Å². The van der Waals surface area contributed by atoms with Crippen molar-refractivity contribution in [1.82, 2.24) is 5.32 Å². The maximum absolute atomic E-state index is 12.1. The molecular weight excluding hydrogens is 344 g/mol. The van der Waals surface area contributed by atoms with Gasteiger partial charge < -0.3 is 19.7 Å². The molecule has 1 atom stereocenters. The molecule has 0 spiro atoms. The zero-order chi connectivity index (χ0) is 18.2. The number of methoxy groups -OCH3 is 1. The van der Waals surface area contributed by atoms with E-state index in [1.165, 1.54) is 25.8 Å². The molecule has 0 aliphatic carbocycles. The van der Waals surface area contributed by atoms with Crippen LogP contribution in [-0.4, -0.2) is 56.4 Å². The SMILES string of the molecule is COCCNC(=O)[C@H](C)OC(=O)CCN1C(=O)CSc2ccccc21. The lowest BCUT2D eigenvalue weighted by molar-refractivity contribution is -0.154. The highest BCUT2D eigenvalue weighted by molar-refractivity contribution is 8.00. The van der Waals surface area contributed by atoms with Crippen molar-refractivity contribution in [3.05, 3.63) is 24.3 Å². The van der Waals surface area contributed by atoms with Gasteiger partial charge in [-0.3, -0.25) is 14.4 Å². The number of benzene rings is 1. The van der Waals surface area contributed by atoms with Crippen LogP contribution in [0, 0.1) is 0 Å². The van der Waals surface area contributed by atoms with E-state index in [9.17, 15) is 14.4 Å². The van der Waals surface area contributed by atoms with Crippen LogP contribution in [0.5, 0.6) is 0 Å². The second-order valence-electron chi connectivity index (χ2n) is 5.47. The molecule has 1 N–H and O–H groups in total. The second kappa shape index (κ2) is 9.43. The first-order valence-electron chi connectivity index (χ1n) is 8.01. The number of hydrogen-bond acceptors (Lipinski definition) is 6. The van der Waals surface area contributed by atoms with Crippen LogP contribution in [0.25, 0.3) is 0 Å². The number of thioether (sulfide) groups is 1. The smallest absolute Gasteiger partial charge is 0.308 e. The molecule has 1 aliphatic heterocycles. The summed E-state index contributed by atoms with van der Waals surface area (Å²) in [4.78, 5) is 38.5. The molecule has 0 radical (unpaired) electrons. The van der Waals surface area contributed by atoms with Crippen LogP contribution in [0.2, 0.25) is 0 Å². The Hall–Kier alpha value is -2.06. The van der Waals surface area contributed by atoms with E-state index < -0.39 is 12.1 Å². The molecule has 1 aliphatic rings. The Bertz CT molecular complexity index is 637. The monoisotopic (exact) mass is 366 g/mol. The number of carbonyl (C=O) groups is 3. The molecule has 25 heavy (non-hydrogen) atoms. The van der Waals surface area contributed by atoms with Crippen molar-refractivity contribution in [3.63, 3.8) is 0 Å². The van der Waals surface area contributed by atoms with Crippen LogP contribution in [-0.2, 0) is 23.9 Å². The number of hydrogen-bond donors (Lipinski definition) is 1. The number of nitrogens with zero attached hydrogens (tertiary/aromatic N) is 1. The van der Waals surface area contributed by atoms with E-state index in [1.807, 2.05) is 24.3 Å². The molecule has 0 saturated carbocycles. The first-order chi connectivity index (χ1) is 12.0. The zero-order valence-corrected chi connectivity index (χ0v) is 15.1. The van der Waals surface area contributed by atoms with E-state index in [4.69, 9.17) is 9.47 Å². The van der Waals surface area contributed by atoms with Gasteiger partial charge in [0.1, 0.15) is 0 Å². The lowest BCUT2D eigenvalue weighted by Gasteiger charge is -2.28. The number of para-hydroxylation sites is 1. The van der Waals surface area contributed by atoms with Crippen molar-refractivity contribution < 1.29 is 23.9 Å². The molecule has 8 heteroatoms. The summed E-state index contributed by atoms with van der Waals surface area (Å²) in [6, 6.07) is 7.58. The lowest BCUT2D eigenvalue weighted by atomic mass is 10.2. The molecule has 0 aromatic heterocycles. The standard InChI is InChI=1S/C17H22N2O5S/c1-12(17(22)18-8-10-23-2)24-16(21)7-9-19-13-5-3-4-6-14(13)25-11-15(19)20/h3-6,12H,7-11H2,1-2H3,(H,18,22)/t12-/m0/s1. The van der Waals surface area contributed by atoms with Crippen molar-refractivity contribution in [1.29, 1.82) is 0 Å². The van der Waals surface area contributed by atoms with Crippen LogP contribution in [0.4, 0.5) is 5.69 Å². The summed E-state index contributed by atoms with van der Waals surface area (Å²) in [6.07, 6.45) is -0.857. The Balaban J connectivity index is 1.83. The number of rotatable bonds is 8. The van der Waals surface area contributed by atoms with Crippen molar-refractivity contribution in [2.75, 3.05) is 37.5 Å². The molecule has 1 aromatic rings. The minimum absolute atomic E-state index is 0.0282. The van der Waals surface area contributed by atoms with Gasteiger partial charge in [0.2, 0.25) is 5.91 Å². The fourth-order valence-corrected chi connectivity index (χ4v) is 3.27. The summed E-state index contributed by atoms with van der Waals surface area (Å²) in [5.41, 5.74) is 0.807. The van der Waals surface area contributed by atoms with Crippen LogP contribution >= 0.6 is 11.8 Å². The molecule has 2 rings (SSSR count). The maximum atomic E-state index is 12.1. The Kier molecular flexibility index (Phi) is 7.27. The van der Waals surface area contributed by atoms with Crippen molar-refractivity contribution in [3.8, 4) is 0 Å². The molecule has 2 amide bonds. The lowest BCUT2D eigenvalue weighted by Crippen LogP contribution is -2.39. The van der Waals surface area contributed by atoms with Gasteiger partial charge in [-0.05, 0) is 19.1 Å². The summed E-state index contributed by atoms with van der Waals surface area (Å²) < 4.78 is 9.96. The van der Waals surface area contributed by atoms with Gasteiger partial charge in [0, 0.05) is 25.1 Å². The van der Waals surface area contributed by atoms with Gasteiger partial charge in [-0.15, -0.1) is 11.8 Å². The van der Waals surface area contributed by atoms with Gasteiger partial charge >= 0.3 is 5.97 Å². The molecular formula is C17H22N2O5S. The second-order valence-corrected chi connectivity index (χ2v) is 6.48. The van der Waals surface area contributed by atoms with E-state index in [1.54, 1.807) is 4.90 Å². The topological polar surface area (TPSA) is 84.9 Å². The number of ether oxygens (including phenoxy) is 2. The molecule has 1 heterocycles. The number of anilines is 1. The third-order valence-electron chi connectivity index (χ3n) is 3.63. The summed E-state index contributed by atoms with van der Waals surface area (Å²) in [6.45, 7) is 2.49. The summed E-state index contributed by atoms with van der Waals surface area (Å²) >= 11 is 1.49. The third-order valence-corrected chi connectivity index (χ3v) is 4.68. The van der Waals surface area contributed by atoms with Gasteiger partial charge in [-0.25, -0.2) is 0 Å². The number of esters is 1. The number of nitrogens with one attached hydrogen (secondary N) is 1. The first kappa shape index (κ1) is 19.3. The predicted molar refractivity (Wildman–Crippen MR) is 94.6 cm³/mol. The van der Waals surface area contributed by atoms with Crippen LogP contribution in [0.3, 0.4) is 0 Å².